The molecule has 0 fully saturated rings. The van der Waals surface area contributed by atoms with Crippen LogP contribution < -0.4 is 0 Å². The van der Waals surface area contributed by atoms with E-state index >= 15 is 0 Å². The van der Waals surface area contributed by atoms with Gasteiger partial charge in [0.1, 0.15) is 0 Å². The Bertz CT molecular complexity index is 552. The third kappa shape index (κ3) is 2.10. The molecule has 16 heavy (non-hydrogen) atoms. The number of benzene rings is 1. The summed E-state index contributed by atoms with van der Waals surface area (Å²) in [6.45, 7) is 1.95. The predicted molar refractivity (Wildman–Crippen MR) is 63.2 cm³/mol. The van der Waals surface area contributed by atoms with Crippen LogP contribution in [0.5, 0.6) is 0 Å². The van der Waals surface area contributed by atoms with Gasteiger partial charge in [-0.2, -0.15) is 5.26 Å². The highest BCUT2D eigenvalue weighted by Crippen LogP contribution is 2.27. The van der Waals surface area contributed by atoms with Gasteiger partial charge in [0.05, 0.1) is 11.6 Å². The molecule has 2 aromatic rings. The van der Waals surface area contributed by atoms with Crippen molar-refractivity contribution in [1.82, 2.24) is 9.55 Å². The van der Waals surface area contributed by atoms with Crippen LogP contribution in [0.1, 0.15) is 11.1 Å². The van der Waals surface area contributed by atoms with E-state index in [4.69, 9.17) is 5.26 Å². The summed E-state index contributed by atoms with van der Waals surface area (Å²) in [5.41, 5.74) is 1.73. The van der Waals surface area contributed by atoms with Crippen molar-refractivity contribution >= 4 is 11.8 Å². The van der Waals surface area contributed by atoms with Crippen LogP contribution in [0.3, 0.4) is 0 Å². The molecule has 0 aliphatic rings. The molecule has 3 nitrogen and oxygen atoms in total. The van der Waals surface area contributed by atoms with Crippen LogP contribution in [0.2, 0.25) is 0 Å². The average Bonchev–Trinajstić information content (AvgIpc) is 2.65. The molecule has 0 radical (unpaired) electrons. The van der Waals surface area contributed by atoms with Crippen molar-refractivity contribution in [3.05, 3.63) is 41.7 Å². The third-order valence-electron chi connectivity index (χ3n) is 2.30. The number of aromatic nitrogens is 2. The summed E-state index contributed by atoms with van der Waals surface area (Å²) in [6.07, 6.45) is 3.69. The molecule has 1 aromatic heterocycles. The zero-order valence-electron chi connectivity index (χ0n) is 9.14. The van der Waals surface area contributed by atoms with Crippen molar-refractivity contribution in [3.8, 4) is 6.07 Å². The summed E-state index contributed by atoms with van der Waals surface area (Å²) in [5, 5.41) is 9.79. The minimum Gasteiger partial charge on any atom is -0.329 e. The lowest BCUT2D eigenvalue weighted by molar-refractivity contribution is 0.790. The Labute approximate surface area is 98.7 Å². The Hall–Kier alpha value is -1.73. The highest BCUT2D eigenvalue weighted by atomic mass is 32.2. The largest absolute Gasteiger partial charge is 0.329 e. The molecule has 0 saturated carbocycles. The van der Waals surface area contributed by atoms with E-state index in [9.17, 15) is 0 Å². The number of aryl methyl sites for hydroxylation is 2. The Balaban J connectivity index is 2.27. The van der Waals surface area contributed by atoms with Crippen molar-refractivity contribution in [2.24, 2.45) is 7.05 Å². The number of imidazole rings is 1. The molecular weight excluding hydrogens is 218 g/mol. The molecule has 0 aliphatic carbocycles. The Morgan fingerprint density at radius 2 is 2.25 bits per heavy atom. The van der Waals surface area contributed by atoms with E-state index in [-0.39, 0.29) is 0 Å². The molecule has 0 atom stereocenters. The van der Waals surface area contributed by atoms with Crippen LogP contribution >= 0.6 is 11.8 Å². The van der Waals surface area contributed by atoms with Crippen LogP contribution in [0.4, 0.5) is 0 Å². The maximum absolute atomic E-state index is 8.84. The van der Waals surface area contributed by atoms with Gasteiger partial charge >= 0.3 is 0 Å². The Kier molecular flexibility index (Phi) is 2.97. The molecule has 0 spiro atoms. The fourth-order valence-corrected chi connectivity index (χ4v) is 2.28. The molecule has 80 valence electrons. The average molecular weight is 229 g/mol. The van der Waals surface area contributed by atoms with Gasteiger partial charge in [-0.25, -0.2) is 4.98 Å². The molecule has 0 amide bonds. The van der Waals surface area contributed by atoms with Crippen molar-refractivity contribution in [2.45, 2.75) is 17.0 Å². The smallest absolute Gasteiger partial charge is 0.172 e. The van der Waals surface area contributed by atoms with Gasteiger partial charge in [0.15, 0.2) is 5.16 Å². The summed E-state index contributed by atoms with van der Waals surface area (Å²) in [7, 11) is 1.96. The number of nitriles is 1. The zero-order valence-corrected chi connectivity index (χ0v) is 9.95. The maximum atomic E-state index is 8.84. The quantitative estimate of drug-likeness (QED) is 0.795. The number of rotatable bonds is 2. The van der Waals surface area contributed by atoms with Gasteiger partial charge in [0, 0.05) is 24.3 Å². The lowest BCUT2D eigenvalue weighted by Crippen LogP contribution is -1.89. The predicted octanol–water partition coefficient (Wildman–Crippen LogP) is 2.75. The summed E-state index contributed by atoms with van der Waals surface area (Å²) in [4.78, 5) is 5.35. The summed E-state index contributed by atoms with van der Waals surface area (Å²) in [5.74, 6) is 0. The monoisotopic (exact) mass is 229 g/mol. The first kappa shape index (κ1) is 10.8. The summed E-state index contributed by atoms with van der Waals surface area (Å²) in [6, 6.07) is 7.97. The van der Waals surface area contributed by atoms with E-state index in [2.05, 4.69) is 11.1 Å². The van der Waals surface area contributed by atoms with E-state index in [1.807, 2.05) is 42.9 Å². The van der Waals surface area contributed by atoms with Crippen molar-refractivity contribution in [2.75, 3.05) is 0 Å². The first-order valence-corrected chi connectivity index (χ1v) is 5.68. The van der Waals surface area contributed by atoms with Crippen molar-refractivity contribution < 1.29 is 0 Å². The van der Waals surface area contributed by atoms with Crippen LogP contribution in [0.25, 0.3) is 0 Å². The van der Waals surface area contributed by atoms with Crippen molar-refractivity contribution in [3.63, 3.8) is 0 Å². The lowest BCUT2D eigenvalue weighted by atomic mass is 10.1. The van der Waals surface area contributed by atoms with Crippen LogP contribution in [-0.2, 0) is 7.05 Å². The molecule has 0 aliphatic heterocycles. The van der Waals surface area contributed by atoms with Gasteiger partial charge in [-0.15, -0.1) is 0 Å². The van der Waals surface area contributed by atoms with E-state index in [1.54, 1.807) is 18.0 Å². The molecule has 0 unspecified atom stereocenters. The Morgan fingerprint density at radius 1 is 1.44 bits per heavy atom. The molecule has 0 saturated heterocycles. The second-order valence-electron chi connectivity index (χ2n) is 3.51. The van der Waals surface area contributed by atoms with Gasteiger partial charge in [-0.1, -0.05) is 11.8 Å². The highest BCUT2D eigenvalue weighted by molar-refractivity contribution is 7.99. The second-order valence-corrected chi connectivity index (χ2v) is 4.55. The van der Waals surface area contributed by atoms with E-state index in [1.165, 1.54) is 0 Å². The number of nitrogens with zero attached hydrogens (tertiary/aromatic N) is 3. The molecule has 0 N–H and O–H groups in total. The van der Waals surface area contributed by atoms with Crippen LogP contribution in [0, 0.1) is 18.3 Å². The van der Waals surface area contributed by atoms with E-state index in [0.717, 1.165) is 21.2 Å². The Morgan fingerprint density at radius 3 is 2.81 bits per heavy atom. The lowest BCUT2D eigenvalue weighted by Gasteiger charge is -2.03. The number of hydrogen-bond acceptors (Lipinski definition) is 3. The first-order chi connectivity index (χ1) is 7.70. The van der Waals surface area contributed by atoms with Crippen molar-refractivity contribution in [1.29, 1.82) is 5.26 Å². The first-order valence-electron chi connectivity index (χ1n) is 4.86. The van der Waals surface area contributed by atoms with E-state index < -0.39 is 0 Å². The standard InChI is InChI=1S/C12H11N3S/c1-9-7-11(4-3-10(9)8-13)16-12-14-5-6-15(12)2/h3-7H,1-2H3. The fraction of sp³-hybridized carbons (Fsp3) is 0.167. The molecule has 4 heteroatoms. The van der Waals surface area contributed by atoms with Gasteiger partial charge < -0.3 is 4.57 Å². The van der Waals surface area contributed by atoms with Gasteiger partial charge in [-0.05, 0) is 30.7 Å². The maximum Gasteiger partial charge on any atom is 0.172 e. The molecule has 0 bridgehead atoms. The zero-order chi connectivity index (χ0) is 11.5. The topological polar surface area (TPSA) is 41.6 Å². The molecule has 1 heterocycles. The SMILES string of the molecule is Cc1cc(Sc2nccn2C)ccc1C#N. The van der Waals surface area contributed by atoms with Gasteiger partial charge in [-0.3, -0.25) is 0 Å². The fourth-order valence-electron chi connectivity index (χ4n) is 1.38. The minimum absolute atomic E-state index is 0.726. The second kappa shape index (κ2) is 4.42. The normalized spacial score (nSPS) is 10.1. The summed E-state index contributed by atoms with van der Waals surface area (Å²) < 4.78 is 1.97. The molecular formula is C12H11N3S. The summed E-state index contributed by atoms with van der Waals surface area (Å²) >= 11 is 1.60. The van der Waals surface area contributed by atoms with Crippen LogP contribution in [-0.4, -0.2) is 9.55 Å². The number of hydrogen-bond donors (Lipinski definition) is 0. The highest BCUT2D eigenvalue weighted by Gasteiger charge is 2.04. The molecule has 2 rings (SSSR count). The van der Waals surface area contributed by atoms with E-state index in [0.29, 0.717) is 0 Å². The van der Waals surface area contributed by atoms with Crippen LogP contribution in [0.15, 0.2) is 40.6 Å². The minimum atomic E-state index is 0.726. The van der Waals surface area contributed by atoms with Gasteiger partial charge in [0.2, 0.25) is 0 Å². The molecule has 1 aromatic carbocycles. The third-order valence-corrected chi connectivity index (χ3v) is 3.37. The van der Waals surface area contributed by atoms with Gasteiger partial charge in [0.25, 0.3) is 0 Å².